The molecule has 3 atom stereocenters. The second-order valence-electron chi connectivity index (χ2n) is 9.59. The first kappa shape index (κ1) is 23.9. The van der Waals surface area contributed by atoms with E-state index in [1.165, 1.54) is 0 Å². The summed E-state index contributed by atoms with van der Waals surface area (Å²) in [7, 11) is 0. The Labute approximate surface area is 216 Å². The zero-order valence-electron chi connectivity index (χ0n) is 20.6. The van der Waals surface area contributed by atoms with Gasteiger partial charge in [-0.1, -0.05) is 0 Å². The number of aromatic amines is 1. The molecule has 0 bridgehead atoms. The zero-order valence-corrected chi connectivity index (χ0v) is 20.6. The Morgan fingerprint density at radius 1 is 1.39 bits per heavy atom. The van der Waals surface area contributed by atoms with E-state index >= 15 is 4.39 Å². The third kappa shape index (κ3) is 4.41. The average molecular weight is 521 g/mol. The lowest BCUT2D eigenvalue weighted by Crippen LogP contribution is -2.36. The van der Waals surface area contributed by atoms with Gasteiger partial charge in [0.1, 0.15) is 12.2 Å². The van der Waals surface area contributed by atoms with Crippen molar-refractivity contribution in [3.05, 3.63) is 42.1 Å². The van der Waals surface area contributed by atoms with Crippen molar-refractivity contribution >= 4 is 23.5 Å². The van der Waals surface area contributed by atoms with Gasteiger partial charge in [-0.15, -0.1) is 0 Å². The van der Waals surface area contributed by atoms with E-state index in [9.17, 15) is 10.1 Å². The van der Waals surface area contributed by atoms with E-state index in [0.29, 0.717) is 29.1 Å². The molecule has 1 saturated carbocycles. The minimum atomic E-state index is -1.58. The molecule has 0 radical (unpaired) electrons. The van der Waals surface area contributed by atoms with Gasteiger partial charge in [-0.3, -0.25) is 14.2 Å². The van der Waals surface area contributed by atoms with Crippen molar-refractivity contribution in [1.82, 2.24) is 39.7 Å². The summed E-state index contributed by atoms with van der Waals surface area (Å²) in [6.07, 6.45) is 2.86. The summed E-state index contributed by atoms with van der Waals surface area (Å²) < 4.78 is 29.4. The molecular formula is C24H25FN10O3. The lowest BCUT2D eigenvalue weighted by molar-refractivity contribution is 0.0615. The molecule has 1 aliphatic carbocycles. The van der Waals surface area contributed by atoms with Gasteiger partial charge in [-0.25, -0.2) is 19.2 Å². The normalized spacial score (nSPS) is 21.1. The Morgan fingerprint density at radius 3 is 3.00 bits per heavy atom. The molecule has 3 N–H and O–H groups in total. The standard InChI is InChI=1S/C24H25FN10O3/c1-12(2)29-24(36)38-18-11-37-21(20(18)25)16-7-19(33-32-16)31-23-27-9-15(22-30-13(8-26)10-34(22)23)17-5-6-28-35(17)14-3-4-14/h5-7,9-10,12,14,18,20-21H,3-4,11H2,1-2H3,(H,29,36)(H2,27,31,32,33)/t18-,20+,21-/m1/s1. The summed E-state index contributed by atoms with van der Waals surface area (Å²) in [6.45, 7) is 3.49. The second-order valence-corrected chi connectivity index (χ2v) is 9.59. The maximum absolute atomic E-state index is 15.0. The van der Waals surface area contributed by atoms with Crippen LogP contribution in [-0.2, 0) is 9.47 Å². The number of amides is 1. The van der Waals surface area contributed by atoms with Crippen LogP contribution in [0.5, 0.6) is 0 Å². The third-order valence-corrected chi connectivity index (χ3v) is 6.34. The first-order chi connectivity index (χ1) is 18.4. The quantitative estimate of drug-likeness (QED) is 0.332. The topological polar surface area (TPSA) is 160 Å². The van der Waals surface area contributed by atoms with E-state index in [2.05, 4.69) is 42.0 Å². The molecule has 1 aliphatic heterocycles. The molecule has 0 unspecified atom stereocenters. The molecule has 4 aromatic rings. The van der Waals surface area contributed by atoms with Crippen molar-refractivity contribution in [1.29, 1.82) is 5.26 Å². The number of hydrogen-bond acceptors (Lipinski definition) is 9. The van der Waals surface area contributed by atoms with Crippen molar-refractivity contribution in [3.63, 3.8) is 0 Å². The summed E-state index contributed by atoms with van der Waals surface area (Å²) in [5, 5.41) is 26.6. The van der Waals surface area contributed by atoms with Crippen LogP contribution in [0.2, 0.25) is 0 Å². The lowest BCUT2D eigenvalue weighted by Gasteiger charge is -2.16. The van der Waals surface area contributed by atoms with Gasteiger partial charge in [0.15, 0.2) is 29.4 Å². The summed E-state index contributed by atoms with van der Waals surface area (Å²) in [6, 6.07) is 5.80. The van der Waals surface area contributed by atoms with Gasteiger partial charge in [0.05, 0.1) is 35.8 Å². The van der Waals surface area contributed by atoms with Gasteiger partial charge in [-0.2, -0.15) is 15.5 Å². The molecule has 14 heteroatoms. The summed E-state index contributed by atoms with van der Waals surface area (Å²) >= 11 is 0. The molecule has 4 aromatic heterocycles. The predicted octanol–water partition coefficient (Wildman–Crippen LogP) is 3.18. The molecule has 2 fully saturated rings. The highest BCUT2D eigenvalue weighted by molar-refractivity contribution is 5.77. The van der Waals surface area contributed by atoms with E-state index in [-0.39, 0.29) is 18.3 Å². The van der Waals surface area contributed by atoms with Gasteiger partial charge in [0.25, 0.3) is 0 Å². The molecule has 1 amide bonds. The number of anilines is 2. The SMILES string of the molecule is CC(C)NC(=O)O[C@@H]1CO[C@H](c2cc(Nc3ncc(-c4ccnn4C4CC4)c4nc(C#N)cn34)n[nH]2)[C@H]1F. The number of ether oxygens (including phenoxy) is 2. The molecule has 0 aromatic carbocycles. The van der Waals surface area contributed by atoms with E-state index < -0.39 is 24.5 Å². The van der Waals surface area contributed by atoms with Crippen molar-refractivity contribution in [2.45, 2.75) is 57.2 Å². The number of alkyl carbamates (subject to hydrolysis) is 1. The predicted molar refractivity (Wildman–Crippen MR) is 131 cm³/mol. The van der Waals surface area contributed by atoms with Gasteiger partial charge < -0.3 is 20.1 Å². The van der Waals surface area contributed by atoms with E-state index in [1.807, 2.05) is 10.7 Å². The number of nitriles is 1. The largest absolute Gasteiger partial charge is 0.441 e. The smallest absolute Gasteiger partial charge is 0.407 e. The molecule has 1 saturated heterocycles. The van der Waals surface area contributed by atoms with Gasteiger partial charge >= 0.3 is 6.09 Å². The minimum absolute atomic E-state index is 0.0772. The van der Waals surface area contributed by atoms with Gasteiger partial charge in [0.2, 0.25) is 5.95 Å². The van der Waals surface area contributed by atoms with E-state index in [4.69, 9.17) is 9.47 Å². The van der Waals surface area contributed by atoms with Crippen LogP contribution in [-0.4, -0.2) is 65.4 Å². The number of halogens is 1. The molecule has 6 rings (SSSR count). The first-order valence-electron chi connectivity index (χ1n) is 12.3. The van der Waals surface area contributed by atoms with E-state index in [0.717, 1.165) is 24.1 Å². The number of carbonyl (C=O) groups excluding carboxylic acids is 1. The molecular weight excluding hydrogens is 495 g/mol. The Hall–Kier alpha value is -4.51. The van der Waals surface area contributed by atoms with E-state index in [1.54, 1.807) is 42.9 Å². The fourth-order valence-corrected chi connectivity index (χ4v) is 4.45. The number of hydrogen-bond donors (Lipinski definition) is 3. The fraction of sp³-hybridized carbons (Fsp3) is 0.417. The Morgan fingerprint density at radius 2 is 2.24 bits per heavy atom. The number of nitrogens with one attached hydrogen (secondary N) is 3. The second kappa shape index (κ2) is 9.42. The molecule has 13 nitrogen and oxygen atoms in total. The summed E-state index contributed by atoms with van der Waals surface area (Å²) in [4.78, 5) is 20.9. The number of H-pyrrole nitrogens is 1. The Bertz CT molecular complexity index is 1530. The Kier molecular flexibility index (Phi) is 5.91. The maximum Gasteiger partial charge on any atom is 0.407 e. The van der Waals surface area contributed by atoms with Crippen molar-refractivity contribution < 1.29 is 18.7 Å². The highest BCUT2D eigenvalue weighted by Gasteiger charge is 2.42. The summed E-state index contributed by atoms with van der Waals surface area (Å²) in [5.74, 6) is 0.721. The molecule has 2 aliphatic rings. The van der Waals surface area contributed by atoms with Crippen LogP contribution in [0.1, 0.15) is 50.2 Å². The third-order valence-electron chi connectivity index (χ3n) is 6.34. The van der Waals surface area contributed by atoms with Crippen LogP contribution >= 0.6 is 0 Å². The van der Waals surface area contributed by atoms with Crippen LogP contribution in [0, 0.1) is 11.3 Å². The van der Waals surface area contributed by atoms with Crippen LogP contribution in [0.25, 0.3) is 16.9 Å². The number of imidazole rings is 1. The van der Waals surface area contributed by atoms with Crippen LogP contribution in [0.3, 0.4) is 0 Å². The summed E-state index contributed by atoms with van der Waals surface area (Å²) in [5.41, 5.74) is 2.77. The molecule has 0 spiro atoms. The lowest BCUT2D eigenvalue weighted by atomic mass is 10.1. The number of aromatic nitrogens is 7. The monoisotopic (exact) mass is 520 g/mol. The zero-order chi connectivity index (χ0) is 26.4. The maximum atomic E-state index is 15.0. The van der Waals surface area contributed by atoms with Gasteiger partial charge in [-0.05, 0) is 32.8 Å². The molecule has 5 heterocycles. The number of fused-ring (bicyclic) bond motifs is 1. The minimum Gasteiger partial charge on any atom is -0.441 e. The number of rotatable bonds is 7. The first-order valence-corrected chi connectivity index (χ1v) is 12.3. The number of nitrogens with zero attached hydrogens (tertiary/aromatic N) is 7. The van der Waals surface area contributed by atoms with Crippen LogP contribution < -0.4 is 10.6 Å². The fourth-order valence-electron chi connectivity index (χ4n) is 4.45. The number of carbonyl (C=O) groups is 1. The van der Waals surface area contributed by atoms with Crippen LogP contribution in [0.15, 0.2) is 30.7 Å². The highest BCUT2D eigenvalue weighted by Crippen LogP contribution is 2.39. The molecule has 38 heavy (non-hydrogen) atoms. The van der Waals surface area contributed by atoms with Crippen molar-refractivity contribution in [2.75, 3.05) is 11.9 Å². The Balaban J connectivity index is 1.23. The van der Waals surface area contributed by atoms with Gasteiger partial charge in [0, 0.05) is 24.5 Å². The number of alkyl halides is 1. The highest BCUT2D eigenvalue weighted by atomic mass is 19.1. The molecule has 196 valence electrons. The van der Waals surface area contributed by atoms with Crippen molar-refractivity contribution in [3.8, 4) is 17.3 Å². The average Bonchev–Trinajstić information content (AvgIpc) is 3.25. The van der Waals surface area contributed by atoms with Crippen LogP contribution in [0.4, 0.5) is 21.0 Å². The van der Waals surface area contributed by atoms with Crippen molar-refractivity contribution in [2.24, 2.45) is 0 Å².